The average Bonchev–Trinajstić information content (AvgIpc) is 2.79. The lowest BCUT2D eigenvalue weighted by Gasteiger charge is -2.22. The van der Waals surface area contributed by atoms with Gasteiger partial charge in [0.25, 0.3) is 0 Å². The largest absolute Gasteiger partial charge is 0.330 e. The quantitative estimate of drug-likeness (QED) is 0.858. The van der Waals surface area contributed by atoms with Crippen molar-refractivity contribution in [1.29, 1.82) is 0 Å². The molecular weight excluding hydrogens is 225 g/mol. The van der Waals surface area contributed by atoms with E-state index in [1.807, 2.05) is 6.07 Å². The van der Waals surface area contributed by atoms with Gasteiger partial charge in [-0.25, -0.2) is 4.39 Å². The smallest absolute Gasteiger partial charge is 0.145 e. The molecule has 0 bridgehead atoms. The van der Waals surface area contributed by atoms with Gasteiger partial charge in [-0.1, -0.05) is 36.6 Å². The van der Waals surface area contributed by atoms with Crippen molar-refractivity contribution in [3.63, 3.8) is 0 Å². The lowest BCUT2D eigenvalue weighted by Crippen LogP contribution is -2.21. The molecule has 0 amide bonds. The molecule has 1 atom stereocenters. The van der Waals surface area contributed by atoms with Crippen molar-refractivity contribution in [2.45, 2.75) is 31.6 Å². The number of hydrogen-bond donors (Lipinski definition) is 1. The summed E-state index contributed by atoms with van der Waals surface area (Å²) < 4.78 is 13.9. The first kappa shape index (κ1) is 11.9. The Morgan fingerprint density at radius 2 is 2.06 bits per heavy atom. The predicted octanol–water partition coefficient (Wildman–Crippen LogP) is 3.71. The van der Waals surface area contributed by atoms with E-state index in [0.717, 1.165) is 12.8 Å². The van der Waals surface area contributed by atoms with Gasteiger partial charge in [0.15, 0.2) is 0 Å². The Morgan fingerprint density at radius 1 is 1.38 bits per heavy atom. The van der Waals surface area contributed by atoms with Crippen LogP contribution in [0.2, 0.25) is 5.02 Å². The number of hydrogen-bond acceptors (Lipinski definition) is 1. The highest BCUT2D eigenvalue weighted by Crippen LogP contribution is 2.38. The fraction of sp³-hybridized carbons (Fsp3) is 0.538. The van der Waals surface area contributed by atoms with Gasteiger partial charge in [0.2, 0.25) is 0 Å². The SMILES string of the molecule is NCC(c1cccc(Cl)c1F)C1CCCC1. The number of halogens is 2. The van der Waals surface area contributed by atoms with Gasteiger partial charge in [-0.05, 0) is 36.9 Å². The zero-order valence-electron chi connectivity index (χ0n) is 9.26. The molecular formula is C13H17ClFN. The Bertz CT molecular complexity index is 361. The molecule has 0 radical (unpaired) electrons. The van der Waals surface area contributed by atoms with Crippen LogP contribution in [0.5, 0.6) is 0 Å². The second-order valence-electron chi connectivity index (χ2n) is 4.53. The van der Waals surface area contributed by atoms with Gasteiger partial charge in [-0.15, -0.1) is 0 Å². The van der Waals surface area contributed by atoms with Gasteiger partial charge in [-0.2, -0.15) is 0 Å². The van der Waals surface area contributed by atoms with Crippen molar-refractivity contribution in [2.24, 2.45) is 11.7 Å². The molecule has 1 saturated carbocycles. The first-order valence-corrected chi connectivity index (χ1v) is 6.25. The van der Waals surface area contributed by atoms with Crippen LogP contribution in [0.3, 0.4) is 0 Å². The van der Waals surface area contributed by atoms with Crippen LogP contribution in [-0.4, -0.2) is 6.54 Å². The Morgan fingerprint density at radius 3 is 2.69 bits per heavy atom. The summed E-state index contributed by atoms with van der Waals surface area (Å²) in [6, 6.07) is 5.21. The molecule has 1 nitrogen and oxygen atoms in total. The molecule has 1 unspecified atom stereocenters. The molecule has 0 aliphatic heterocycles. The summed E-state index contributed by atoms with van der Waals surface area (Å²) in [5.41, 5.74) is 6.49. The highest BCUT2D eigenvalue weighted by atomic mass is 35.5. The van der Waals surface area contributed by atoms with Crippen molar-refractivity contribution < 1.29 is 4.39 Å². The number of benzene rings is 1. The van der Waals surface area contributed by atoms with Gasteiger partial charge in [0.05, 0.1) is 5.02 Å². The summed E-state index contributed by atoms with van der Waals surface area (Å²) in [4.78, 5) is 0. The first-order valence-electron chi connectivity index (χ1n) is 5.88. The third kappa shape index (κ3) is 2.23. The van der Waals surface area contributed by atoms with E-state index >= 15 is 0 Å². The molecule has 2 rings (SSSR count). The second kappa shape index (κ2) is 5.15. The standard InChI is InChI=1S/C13H17ClFN/c14-12-7-3-6-10(13(12)15)11(8-16)9-4-1-2-5-9/h3,6-7,9,11H,1-2,4-5,8,16H2. The molecule has 1 aliphatic rings. The van der Waals surface area contributed by atoms with E-state index in [-0.39, 0.29) is 16.8 Å². The van der Waals surface area contributed by atoms with Gasteiger partial charge in [0.1, 0.15) is 5.82 Å². The predicted molar refractivity (Wildman–Crippen MR) is 65.2 cm³/mol. The minimum atomic E-state index is -0.286. The molecule has 3 heteroatoms. The van der Waals surface area contributed by atoms with Crippen LogP contribution in [0, 0.1) is 11.7 Å². The molecule has 16 heavy (non-hydrogen) atoms. The highest BCUT2D eigenvalue weighted by molar-refractivity contribution is 6.30. The second-order valence-corrected chi connectivity index (χ2v) is 4.94. The minimum absolute atomic E-state index is 0.126. The minimum Gasteiger partial charge on any atom is -0.330 e. The molecule has 0 spiro atoms. The molecule has 0 aromatic heterocycles. The van der Waals surface area contributed by atoms with E-state index < -0.39 is 0 Å². The molecule has 2 N–H and O–H groups in total. The van der Waals surface area contributed by atoms with Crippen LogP contribution >= 0.6 is 11.6 Å². The summed E-state index contributed by atoms with van der Waals surface area (Å²) >= 11 is 5.81. The number of rotatable bonds is 3. The third-order valence-corrected chi connectivity index (χ3v) is 3.90. The van der Waals surface area contributed by atoms with E-state index in [2.05, 4.69) is 0 Å². The Balaban J connectivity index is 2.28. The van der Waals surface area contributed by atoms with E-state index in [1.54, 1.807) is 12.1 Å². The highest BCUT2D eigenvalue weighted by Gasteiger charge is 2.27. The third-order valence-electron chi connectivity index (χ3n) is 3.60. The summed E-state index contributed by atoms with van der Waals surface area (Å²) in [6.45, 7) is 0.502. The van der Waals surface area contributed by atoms with E-state index in [4.69, 9.17) is 17.3 Å². The maximum absolute atomic E-state index is 13.9. The van der Waals surface area contributed by atoms with Crippen LogP contribution in [0.15, 0.2) is 18.2 Å². The van der Waals surface area contributed by atoms with E-state index in [0.29, 0.717) is 18.0 Å². The topological polar surface area (TPSA) is 26.0 Å². The normalized spacial score (nSPS) is 18.9. The monoisotopic (exact) mass is 241 g/mol. The van der Waals surface area contributed by atoms with Gasteiger partial charge >= 0.3 is 0 Å². The number of nitrogens with two attached hydrogens (primary N) is 1. The maximum Gasteiger partial charge on any atom is 0.145 e. The summed E-state index contributed by atoms with van der Waals surface area (Å²) in [6.07, 6.45) is 4.80. The van der Waals surface area contributed by atoms with Crippen molar-refractivity contribution >= 4 is 11.6 Å². The first-order chi connectivity index (χ1) is 7.74. The molecule has 1 aromatic carbocycles. The van der Waals surface area contributed by atoms with Crippen LogP contribution in [-0.2, 0) is 0 Å². The molecule has 1 aliphatic carbocycles. The van der Waals surface area contributed by atoms with Crippen molar-refractivity contribution in [1.82, 2.24) is 0 Å². The molecule has 0 heterocycles. The zero-order chi connectivity index (χ0) is 11.5. The van der Waals surface area contributed by atoms with Gasteiger partial charge in [0, 0.05) is 5.92 Å². The summed E-state index contributed by atoms with van der Waals surface area (Å²) in [5, 5.41) is 0.203. The Kier molecular flexibility index (Phi) is 3.82. The fourth-order valence-electron chi connectivity index (χ4n) is 2.74. The summed E-state index contributed by atoms with van der Waals surface area (Å²) in [5.74, 6) is 0.366. The van der Waals surface area contributed by atoms with Crippen LogP contribution in [0.25, 0.3) is 0 Å². The zero-order valence-corrected chi connectivity index (χ0v) is 10.0. The molecule has 0 saturated heterocycles. The molecule has 1 aromatic rings. The average molecular weight is 242 g/mol. The molecule has 88 valence electrons. The molecule has 1 fully saturated rings. The van der Waals surface area contributed by atoms with Crippen LogP contribution in [0.1, 0.15) is 37.2 Å². The van der Waals surface area contributed by atoms with Gasteiger partial charge < -0.3 is 5.73 Å². The van der Waals surface area contributed by atoms with Crippen molar-refractivity contribution in [3.05, 3.63) is 34.6 Å². The van der Waals surface area contributed by atoms with Crippen molar-refractivity contribution in [3.8, 4) is 0 Å². The van der Waals surface area contributed by atoms with Gasteiger partial charge in [-0.3, -0.25) is 0 Å². The van der Waals surface area contributed by atoms with E-state index in [1.165, 1.54) is 12.8 Å². The van der Waals surface area contributed by atoms with Crippen LogP contribution < -0.4 is 5.73 Å². The Labute approximate surface area is 101 Å². The Hall–Kier alpha value is -0.600. The van der Waals surface area contributed by atoms with Crippen LogP contribution in [0.4, 0.5) is 4.39 Å². The maximum atomic E-state index is 13.9. The van der Waals surface area contributed by atoms with Crippen molar-refractivity contribution in [2.75, 3.05) is 6.54 Å². The lowest BCUT2D eigenvalue weighted by atomic mass is 9.84. The van der Waals surface area contributed by atoms with E-state index in [9.17, 15) is 4.39 Å². The lowest BCUT2D eigenvalue weighted by molar-refractivity contribution is 0.425. The fourth-order valence-corrected chi connectivity index (χ4v) is 2.92. The summed E-state index contributed by atoms with van der Waals surface area (Å²) in [7, 11) is 0.